The molecule has 1 fully saturated rings. The fourth-order valence-corrected chi connectivity index (χ4v) is 4.01. The van der Waals surface area contributed by atoms with Crippen molar-refractivity contribution in [2.75, 3.05) is 0 Å². The zero-order valence-corrected chi connectivity index (χ0v) is 10.9. The van der Waals surface area contributed by atoms with E-state index in [0.29, 0.717) is 6.42 Å². The molecule has 100 valence electrons. The molecule has 1 aromatic carbocycles. The summed E-state index contributed by atoms with van der Waals surface area (Å²) in [7, 11) is -1.57. The molecule has 0 bridgehead atoms. The number of nitrogens with two attached hydrogens (primary N) is 1. The number of hydrogen-bond donors (Lipinski definition) is 1. The minimum Gasteiger partial charge on any atom is -0.327 e. The molecule has 0 saturated heterocycles. The highest BCUT2D eigenvalue weighted by Gasteiger charge is 2.28. The van der Waals surface area contributed by atoms with Gasteiger partial charge in [0, 0.05) is 6.04 Å². The maximum Gasteiger partial charge on any atom is 0.139 e. The molecule has 0 aliphatic heterocycles. The summed E-state index contributed by atoms with van der Waals surface area (Å²) in [6, 6.07) is 2.87. The second kappa shape index (κ2) is 5.89. The van der Waals surface area contributed by atoms with Gasteiger partial charge in [0.05, 0.1) is 20.9 Å². The van der Waals surface area contributed by atoms with Crippen LogP contribution >= 0.6 is 0 Å². The van der Waals surface area contributed by atoms with Gasteiger partial charge in [-0.2, -0.15) is 0 Å². The minimum atomic E-state index is -1.57. The molecule has 0 amide bonds. The van der Waals surface area contributed by atoms with Crippen molar-refractivity contribution in [2.24, 2.45) is 5.73 Å². The maximum atomic E-state index is 13.6. The molecular formula is C13H17F2NOS. The topological polar surface area (TPSA) is 43.1 Å². The molecule has 0 radical (unpaired) electrons. The molecule has 18 heavy (non-hydrogen) atoms. The van der Waals surface area contributed by atoms with Crippen molar-refractivity contribution in [3.05, 3.63) is 29.8 Å². The van der Waals surface area contributed by atoms with Crippen LogP contribution in [0.5, 0.6) is 0 Å². The van der Waals surface area contributed by atoms with Crippen LogP contribution in [0.15, 0.2) is 23.1 Å². The maximum absolute atomic E-state index is 13.6. The van der Waals surface area contributed by atoms with Crippen molar-refractivity contribution in [3.8, 4) is 0 Å². The van der Waals surface area contributed by atoms with Crippen molar-refractivity contribution >= 4 is 10.8 Å². The van der Waals surface area contributed by atoms with Crippen LogP contribution in [0.3, 0.4) is 0 Å². The van der Waals surface area contributed by atoms with Crippen LogP contribution in [0.4, 0.5) is 8.78 Å². The Balaban J connectivity index is 2.26. The molecule has 0 heterocycles. The van der Waals surface area contributed by atoms with Crippen molar-refractivity contribution in [1.82, 2.24) is 0 Å². The van der Waals surface area contributed by atoms with E-state index in [2.05, 4.69) is 0 Å². The lowest BCUT2D eigenvalue weighted by atomic mass is 10.1. The van der Waals surface area contributed by atoms with Gasteiger partial charge in [0.1, 0.15) is 11.6 Å². The van der Waals surface area contributed by atoms with E-state index in [-0.39, 0.29) is 16.2 Å². The average Bonchev–Trinajstić information content (AvgIpc) is 2.56. The lowest BCUT2D eigenvalue weighted by Crippen LogP contribution is -2.37. The Morgan fingerprint density at radius 2 is 1.89 bits per heavy atom. The molecule has 2 N–H and O–H groups in total. The molecule has 2 rings (SSSR count). The first kappa shape index (κ1) is 13.6. The summed E-state index contributed by atoms with van der Waals surface area (Å²) in [4.78, 5) is -0.0580. The molecule has 0 spiro atoms. The fourth-order valence-electron chi connectivity index (χ4n) is 2.36. The van der Waals surface area contributed by atoms with Crippen LogP contribution in [-0.2, 0) is 10.8 Å². The van der Waals surface area contributed by atoms with E-state index in [1.54, 1.807) is 0 Å². The van der Waals surface area contributed by atoms with E-state index in [1.807, 2.05) is 0 Å². The summed E-state index contributed by atoms with van der Waals surface area (Å²) < 4.78 is 39.1. The summed E-state index contributed by atoms with van der Waals surface area (Å²) >= 11 is 0. The number of benzene rings is 1. The van der Waals surface area contributed by atoms with E-state index in [9.17, 15) is 13.0 Å². The quantitative estimate of drug-likeness (QED) is 0.842. The van der Waals surface area contributed by atoms with Gasteiger partial charge in [-0.3, -0.25) is 4.21 Å². The zero-order chi connectivity index (χ0) is 13.1. The highest BCUT2D eigenvalue weighted by molar-refractivity contribution is 7.85. The van der Waals surface area contributed by atoms with Gasteiger partial charge in [0.2, 0.25) is 0 Å². The standard InChI is InChI=1S/C13H17F2NOS/c14-9-6-7-10(15)13(8-9)18(17)12-5-3-1-2-4-11(12)16/h6-8,11-12H,1-5,16H2. The molecule has 3 atom stereocenters. The summed E-state index contributed by atoms with van der Waals surface area (Å²) in [6.07, 6.45) is 4.53. The number of hydrogen-bond acceptors (Lipinski definition) is 2. The largest absolute Gasteiger partial charge is 0.327 e. The van der Waals surface area contributed by atoms with Gasteiger partial charge in [-0.25, -0.2) is 8.78 Å². The van der Waals surface area contributed by atoms with E-state index in [1.165, 1.54) is 0 Å². The number of halogens is 2. The van der Waals surface area contributed by atoms with Crippen molar-refractivity contribution in [2.45, 2.75) is 48.3 Å². The predicted octanol–water partition coefficient (Wildman–Crippen LogP) is 2.73. The Hall–Kier alpha value is -0.810. The van der Waals surface area contributed by atoms with E-state index in [0.717, 1.165) is 43.9 Å². The molecule has 3 unspecified atom stereocenters. The minimum absolute atomic E-state index is 0.0580. The van der Waals surface area contributed by atoms with Crippen LogP contribution in [0.2, 0.25) is 0 Å². The molecule has 1 aromatic rings. The first-order valence-corrected chi connectivity index (χ1v) is 7.42. The van der Waals surface area contributed by atoms with E-state index < -0.39 is 22.4 Å². The second-order valence-electron chi connectivity index (χ2n) is 4.71. The first-order chi connectivity index (χ1) is 8.59. The van der Waals surface area contributed by atoms with Crippen LogP contribution in [0.1, 0.15) is 32.1 Å². The van der Waals surface area contributed by atoms with Gasteiger partial charge in [0.25, 0.3) is 0 Å². The van der Waals surface area contributed by atoms with Gasteiger partial charge >= 0.3 is 0 Å². The highest BCUT2D eigenvalue weighted by atomic mass is 32.2. The molecular weight excluding hydrogens is 256 g/mol. The monoisotopic (exact) mass is 273 g/mol. The summed E-state index contributed by atoms with van der Waals surface area (Å²) in [5.74, 6) is -1.19. The van der Waals surface area contributed by atoms with Gasteiger partial charge in [-0.1, -0.05) is 19.3 Å². The fraction of sp³-hybridized carbons (Fsp3) is 0.538. The van der Waals surface area contributed by atoms with Gasteiger partial charge in [0.15, 0.2) is 0 Å². The Labute approximate surface area is 108 Å². The summed E-state index contributed by atoms with van der Waals surface area (Å²) in [6.45, 7) is 0. The van der Waals surface area contributed by atoms with Gasteiger partial charge < -0.3 is 5.73 Å². The van der Waals surface area contributed by atoms with Crippen molar-refractivity contribution in [1.29, 1.82) is 0 Å². The summed E-state index contributed by atoms with van der Waals surface area (Å²) in [5.41, 5.74) is 6.00. The average molecular weight is 273 g/mol. The molecule has 1 saturated carbocycles. The Kier molecular flexibility index (Phi) is 4.45. The van der Waals surface area contributed by atoms with Crippen LogP contribution in [0.25, 0.3) is 0 Å². The van der Waals surface area contributed by atoms with Crippen LogP contribution in [0, 0.1) is 11.6 Å². The Bertz CT molecular complexity index is 453. The Morgan fingerprint density at radius 3 is 2.67 bits per heavy atom. The van der Waals surface area contributed by atoms with Crippen LogP contribution in [-0.4, -0.2) is 15.5 Å². The normalized spacial score (nSPS) is 26.6. The van der Waals surface area contributed by atoms with Crippen molar-refractivity contribution in [3.63, 3.8) is 0 Å². The smallest absolute Gasteiger partial charge is 0.139 e. The number of rotatable bonds is 2. The second-order valence-corrected chi connectivity index (χ2v) is 6.35. The van der Waals surface area contributed by atoms with Crippen molar-refractivity contribution < 1.29 is 13.0 Å². The molecule has 1 aliphatic rings. The molecule has 5 heteroatoms. The predicted molar refractivity (Wildman–Crippen MR) is 67.6 cm³/mol. The van der Waals surface area contributed by atoms with E-state index >= 15 is 0 Å². The van der Waals surface area contributed by atoms with E-state index in [4.69, 9.17) is 5.73 Å². The lowest BCUT2D eigenvalue weighted by Gasteiger charge is -2.20. The summed E-state index contributed by atoms with van der Waals surface area (Å²) in [5, 5.41) is -0.274. The van der Waals surface area contributed by atoms with Gasteiger partial charge in [-0.05, 0) is 31.0 Å². The Morgan fingerprint density at radius 1 is 1.17 bits per heavy atom. The molecule has 0 aromatic heterocycles. The third kappa shape index (κ3) is 2.95. The van der Waals surface area contributed by atoms with Crippen LogP contribution < -0.4 is 5.73 Å². The first-order valence-electron chi connectivity index (χ1n) is 6.21. The lowest BCUT2D eigenvalue weighted by molar-refractivity contribution is 0.554. The molecule has 1 aliphatic carbocycles. The third-order valence-electron chi connectivity index (χ3n) is 3.39. The SMILES string of the molecule is NC1CCCCCC1S(=O)c1cc(F)ccc1F. The highest BCUT2D eigenvalue weighted by Crippen LogP contribution is 2.26. The molecule has 2 nitrogen and oxygen atoms in total. The van der Waals surface area contributed by atoms with Gasteiger partial charge in [-0.15, -0.1) is 0 Å². The third-order valence-corrected chi connectivity index (χ3v) is 5.27. The zero-order valence-electron chi connectivity index (χ0n) is 10.1.